The SMILES string of the molecule is C=P1(SCOC(=O)C(C)(C)C)OCC2=C(OP(=O)(OC)OCC3OC(n4cnc5c(N)ncnc54)C(O1)C3O)C(F)C(n1cnc3c(N)ncnc31)O2. The lowest BCUT2D eigenvalue weighted by molar-refractivity contribution is -0.150. The Bertz CT molecular complexity index is 2180. The highest BCUT2D eigenvalue weighted by Gasteiger charge is 2.51. The molecule has 0 amide bonds. The number of halogens is 1. The number of phosphoric ester groups is 1. The predicted octanol–water partition coefficient (Wildman–Crippen LogP) is 2.85. The van der Waals surface area contributed by atoms with Crippen LogP contribution in [-0.4, -0.2) is 107 Å². The number of fused-ring (bicyclic) bond motifs is 4. The lowest BCUT2D eigenvalue weighted by Gasteiger charge is -2.31. The minimum atomic E-state index is -4.65. The summed E-state index contributed by atoms with van der Waals surface area (Å²) in [4.78, 5) is 37.4. The zero-order chi connectivity index (χ0) is 37.9. The standard InChI is InChI=1S/C28H35FN10O11P2S/c1-28(2,3)27(41)44-12-53-51(5)45-7-14-19(15(29)25(48-14)38-10-36-16-21(30)32-8-34-23(16)38)50-52(42,43-4)46-6-13-18(40)20(49-51)26(47-13)39-11-37-17-22(31)33-9-35-24(17)39/h8-11,13,15,18,20,25-26,40H,5-7,12H2,1-4H3,(H2,30,32,34)(H2,31,33,35). The number of aliphatic hydroxyl groups excluding tert-OH is 1. The van der Waals surface area contributed by atoms with Crippen molar-refractivity contribution < 1.29 is 55.7 Å². The second-order valence-electron chi connectivity index (χ2n) is 12.8. The van der Waals surface area contributed by atoms with Gasteiger partial charge in [0, 0.05) is 7.11 Å². The first-order chi connectivity index (χ1) is 25.1. The van der Waals surface area contributed by atoms with E-state index in [1.807, 2.05) is 0 Å². The van der Waals surface area contributed by atoms with Gasteiger partial charge in [0.05, 0.1) is 18.3 Å². The summed E-state index contributed by atoms with van der Waals surface area (Å²) >= 11 is 0.892. The summed E-state index contributed by atoms with van der Waals surface area (Å²) in [6.45, 7) is 0.268. The first-order valence-corrected chi connectivity index (χ1v) is 20.6. The van der Waals surface area contributed by atoms with Crippen LogP contribution < -0.4 is 11.5 Å². The molecule has 3 aliphatic heterocycles. The fourth-order valence-electron chi connectivity index (χ4n) is 5.48. The number of imidazole rings is 2. The van der Waals surface area contributed by atoms with Crippen LogP contribution in [0.4, 0.5) is 16.0 Å². The van der Waals surface area contributed by atoms with Crippen molar-refractivity contribution in [1.82, 2.24) is 39.0 Å². The Morgan fingerprint density at radius 3 is 2.28 bits per heavy atom. The van der Waals surface area contributed by atoms with Crippen molar-refractivity contribution >= 4 is 72.0 Å². The fraction of sp³-hybridized carbons (Fsp3) is 0.500. The topological polar surface area (TPSA) is 267 Å². The molecule has 7 heterocycles. The third-order valence-electron chi connectivity index (χ3n) is 8.23. The molecule has 25 heteroatoms. The molecule has 0 radical (unpaired) electrons. The van der Waals surface area contributed by atoms with Crippen molar-refractivity contribution in [2.75, 3.05) is 37.7 Å². The summed E-state index contributed by atoms with van der Waals surface area (Å²) in [6, 6.07) is 0. The molecule has 0 spiro atoms. The molecule has 0 aromatic carbocycles. The number of rotatable bonds is 6. The Morgan fingerprint density at radius 2 is 1.68 bits per heavy atom. The quantitative estimate of drug-likeness (QED) is 0.144. The third-order valence-corrected chi connectivity index (χ3v) is 13.3. The first kappa shape index (κ1) is 37.4. The number of carbonyl (C=O) groups is 1. The number of nitrogens with zero attached hydrogens (tertiary/aromatic N) is 8. The number of nitrogens with two attached hydrogens (primary N) is 2. The number of nitrogen functional groups attached to an aromatic ring is 2. The summed E-state index contributed by atoms with van der Waals surface area (Å²) in [5, 5.41) is 11.6. The van der Waals surface area contributed by atoms with E-state index >= 15 is 4.39 Å². The Morgan fingerprint density at radius 1 is 1.06 bits per heavy atom. The number of esters is 1. The van der Waals surface area contributed by atoms with Gasteiger partial charge in [0.15, 0.2) is 47.2 Å². The average molecular weight is 801 g/mol. The van der Waals surface area contributed by atoms with Crippen molar-refractivity contribution in [2.45, 2.75) is 57.7 Å². The molecule has 8 atom stereocenters. The number of hydrogen-bond donors (Lipinski definition) is 3. The average Bonchev–Trinajstić information content (AvgIpc) is 3.88. The normalized spacial score (nSPS) is 31.0. The van der Waals surface area contributed by atoms with E-state index in [9.17, 15) is 14.5 Å². The van der Waals surface area contributed by atoms with E-state index in [2.05, 4.69) is 36.2 Å². The molecule has 5 N–H and O–H groups in total. The number of hydrogen-bond acceptors (Lipinski definition) is 20. The molecular formula is C28H35FN10O11P2S. The van der Waals surface area contributed by atoms with Crippen molar-refractivity contribution in [1.29, 1.82) is 0 Å². The lowest BCUT2D eigenvalue weighted by Crippen LogP contribution is -2.35. The molecule has 1 saturated heterocycles. The maximum Gasteiger partial charge on any atom is 0.529 e. The van der Waals surface area contributed by atoms with Gasteiger partial charge in [-0.05, 0) is 38.5 Å². The van der Waals surface area contributed by atoms with Crippen molar-refractivity contribution in [3.63, 3.8) is 0 Å². The Balaban J connectivity index is 1.26. The number of carbonyl (C=O) groups excluding carboxylic acids is 1. The largest absolute Gasteiger partial charge is 0.529 e. The van der Waals surface area contributed by atoms with Crippen LogP contribution in [0.25, 0.3) is 22.3 Å². The van der Waals surface area contributed by atoms with Crippen LogP contribution in [0.3, 0.4) is 0 Å². The van der Waals surface area contributed by atoms with Gasteiger partial charge in [0.25, 0.3) is 0 Å². The highest BCUT2D eigenvalue weighted by Crippen LogP contribution is 2.64. The summed E-state index contributed by atoms with van der Waals surface area (Å²) in [7, 11) is -3.62. The van der Waals surface area contributed by atoms with Gasteiger partial charge in [-0.15, -0.1) is 0 Å². The molecule has 286 valence electrons. The summed E-state index contributed by atoms with van der Waals surface area (Å²) in [5.41, 5.74) is 11.9. The minimum Gasteiger partial charge on any atom is -0.465 e. The predicted molar refractivity (Wildman–Crippen MR) is 186 cm³/mol. The molecule has 21 nitrogen and oxygen atoms in total. The summed E-state index contributed by atoms with van der Waals surface area (Å²) in [6.07, 6.45) is 0.354. The van der Waals surface area contributed by atoms with E-state index in [4.69, 9.17) is 48.3 Å². The number of aliphatic hydroxyl groups is 1. The first-order valence-electron chi connectivity index (χ1n) is 15.7. The van der Waals surface area contributed by atoms with E-state index in [0.717, 1.165) is 18.5 Å². The Labute approximate surface area is 304 Å². The van der Waals surface area contributed by atoms with E-state index in [1.165, 1.54) is 34.4 Å². The molecule has 2 bridgehead atoms. The molecular weight excluding hydrogens is 765 g/mol. The van der Waals surface area contributed by atoms with E-state index < -0.39 is 81.7 Å². The maximum atomic E-state index is 16.5. The van der Waals surface area contributed by atoms with Gasteiger partial charge in [-0.3, -0.25) is 23.0 Å². The molecule has 4 aromatic heterocycles. The third kappa shape index (κ3) is 7.08. The molecule has 53 heavy (non-hydrogen) atoms. The molecule has 0 aliphatic carbocycles. The second kappa shape index (κ2) is 14.1. The fourth-order valence-corrected chi connectivity index (χ4v) is 9.41. The summed E-state index contributed by atoms with van der Waals surface area (Å²) in [5.74, 6) is -1.53. The summed E-state index contributed by atoms with van der Waals surface area (Å²) < 4.78 is 79.9. The van der Waals surface area contributed by atoms with Crippen LogP contribution in [0.2, 0.25) is 0 Å². The number of ether oxygens (including phenoxy) is 3. The molecule has 1 fully saturated rings. The van der Waals surface area contributed by atoms with Gasteiger partial charge in [0.2, 0.25) is 12.4 Å². The molecule has 4 aromatic rings. The number of anilines is 2. The van der Waals surface area contributed by atoms with E-state index in [0.29, 0.717) is 0 Å². The van der Waals surface area contributed by atoms with Gasteiger partial charge in [0.1, 0.15) is 60.9 Å². The number of alkyl halides is 1. The van der Waals surface area contributed by atoms with Crippen LogP contribution >= 0.6 is 25.7 Å². The highest BCUT2D eigenvalue weighted by atomic mass is 32.7. The van der Waals surface area contributed by atoms with E-state index in [-0.39, 0.29) is 45.7 Å². The van der Waals surface area contributed by atoms with E-state index in [1.54, 1.807) is 20.8 Å². The van der Waals surface area contributed by atoms with Crippen molar-refractivity contribution in [2.24, 2.45) is 5.41 Å². The second-order valence-corrected chi connectivity index (χ2v) is 19.1. The zero-order valence-corrected chi connectivity index (χ0v) is 31.2. The minimum absolute atomic E-state index is 0.0480. The molecule has 7 rings (SSSR count). The smallest absolute Gasteiger partial charge is 0.465 e. The van der Waals surface area contributed by atoms with Gasteiger partial charge < -0.3 is 44.4 Å². The number of phosphoric acid groups is 1. The van der Waals surface area contributed by atoms with Crippen LogP contribution in [0.5, 0.6) is 0 Å². The van der Waals surface area contributed by atoms with Gasteiger partial charge >= 0.3 is 13.8 Å². The molecule has 3 aliphatic rings. The van der Waals surface area contributed by atoms with Gasteiger partial charge in [-0.25, -0.2) is 38.9 Å². The van der Waals surface area contributed by atoms with Crippen LogP contribution in [0, 0.1) is 5.41 Å². The van der Waals surface area contributed by atoms with Crippen molar-refractivity contribution in [3.05, 3.63) is 36.8 Å². The Hall–Kier alpha value is -3.92. The number of aromatic nitrogens is 8. The molecule has 8 unspecified atom stereocenters. The monoisotopic (exact) mass is 800 g/mol. The van der Waals surface area contributed by atoms with Crippen molar-refractivity contribution in [3.8, 4) is 0 Å². The van der Waals surface area contributed by atoms with Gasteiger partial charge in [-0.1, -0.05) is 0 Å². The van der Waals surface area contributed by atoms with Crippen LogP contribution in [-0.2, 0) is 46.2 Å². The molecule has 0 saturated carbocycles. The van der Waals surface area contributed by atoms with Gasteiger partial charge in [-0.2, -0.15) is 0 Å². The zero-order valence-electron chi connectivity index (χ0n) is 28.5. The van der Waals surface area contributed by atoms with Crippen LogP contribution in [0.15, 0.2) is 36.8 Å². The highest BCUT2D eigenvalue weighted by molar-refractivity contribution is 8.57. The van der Waals surface area contributed by atoms with Crippen LogP contribution in [0.1, 0.15) is 33.2 Å². The maximum absolute atomic E-state index is 16.5. The Kier molecular flexibility index (Phi) is 9.92. The lowest BCUT2D eigenvalue weighted by atomic mass is 9.98.